The lowest BCUT2D eigenvalue weighted by Crippen LogP contribution is -2.13. The van der Waals surface area contributed by atoms with Gasteiger partial charge in [-0.25, -0.2) is 0 Å². The van der Waals surface area contributed by atoms with E-state index in [0.29, 0.717) is 6.04 Å². The molecule has 1 aliphatic rings. The van der Waals surface area contributed by atoms with Crippen LogP contribution in [0.5, 0.6) is 0 Å². The van der Waals surface area contributed by atoms with E-state index in [4.69, 9.17) is 17.5 Å². The van der Waals surface area contributed by atoms with Gasteiger partial charge in [0.1, 0.15) is 4.64 Å². The Morgan fingerprint density at radius 2 is 2.12 bits per heavy atom. The van der Waals surface area contributed by atoms with Crippen LogP contribution in [0.1, 0.15) is 43.7 Å². The van der Waals surface area contributed by atoms with Gasteiger partial charge in [-0.05, 0) is 25.0 Å². The summed E-state index contributed by atoms with van der Waals surface area (Å²) in [5.41, 5.74) is 0.967. The smallest absolute Gasteiger partial charge is 0.113 e. The lowest BCUT2D eigenvalue weighted by Gasteiger charge is -2.25. The van der Waals surface area contributed by atoms with Crippen molar-refractivity contribution in [1.29, 1.82) is 5.26 Å². The zero-order chi connectivity index (χ0) is 12.1. The van der Waals surface area contributed by atoms with Crippen LogP contribution < -0.4 is 0 Å². The molecule has 1 aliphatic carbocycles. The van der Waals surface area contributed by atoms with Crippen molar-refractivity contribution in [3.05, 3.63) is 34.6 Å². The Labute approximate surface area is 107 Å². The van der Waals surface area contributed by atoms with Crippen LogP contribution in [-0.2, 0) is 0 Å². The molecule has 0 saturated heterocycles. The first kappa shape index (κ1) is 12.1. The molecule has 1 aromatic heterocycles. The number of allylic oxidation sites excluding steroid dienone is 1. The third-order valence-corrected chi connectivity index (χ3v) is 3.76. The minimum Gasteiger partial charge on any atom is -0.336 e. The van der Waals surface area contributed by atoms with E-state index >= 15 is 0 Å². The predicted molar refractivity (Wildman–Crippen MR) is 72.0 cm³/mol. The lowest BCUT2D eigenvalue weighted by molar-refractivity contribution is 0.349. The summed E-state index contributed by atoms with van der Waals surface area (Å²) in [6.07, 6.45) is 11.7. The van der Waals surface area contributed by atoms with Crippen LogP contribution in [0.4, 0.5) is 0 Å². The molecule has 1 saturated carbocycles. The Kier molecular flexibility index (Phi) is 4.11. The molecule has 88 valence electrons. The fourth-order valence-electron chi connectivity index (χ4n) is 2.43. The first-order chi connectivity index (χ1) is 8.33. The van der Waals surface area contributed by atoms with Gasteiger partial charge in [0.25, 0.3) is 0 Å². The van der Waals surface area contributed by atoms with E-state index < -0.39 is 0 Å². The minimum atomic E-state index is 0.548. The predicted octanol–water partition coefficient (Wildman–Crippen LogP) is 4.26. The average Bonchev–Trinajstić information content (AvgIpc) is 2.39. The van der Waals surface area contributed by atoms with Gasteiger partial charge in [-0.1, -0.05) is 37.5 Å². The summed E-state index contributed by atoms with van der Waals surface area (Å²) >= 11 is 5.49. The van der Waals surface area contributed by atoms with Crippen LogP contribution in [0, 0.1) is 16.0 Å². The van der Waals surface area contributed by atoms with Crippen LogP contribution in [0.2, 0.25) is 0 Å². The highest BCUT2D eigenvalue weighted by atomic mass is 32.1. The zero-order valence-corrected chi connectivity index (χ0v) is 10.6. The minimum absolute atomic E-state index is 0.548. The summed E-state index contributed by atoms with van der Waals surface area (Å²) in [6, 6.07) is 6.54. The molecule has 0 N–H and O–H groups in total. The number of nitrogens with zero attached hydrogens (tertiary/aromatic N) is 2. The summed E-state index contributed by atoms with van der Waals surface area (Å²) in [5.74, 6) is 0. The van der Waals surface area contributed by atoms with E-state index in [0.717, 1.165) is 10.2 Å². The number of nitriles is 1. The van der Waals surface area contributed by atoms with Crippen molar-refractivity contribution in [3.63, 3.8) is 0 Å². The molecule has 0 unspecified atom stereocenters. The Morgan fingerprint density at radius 3 is 2.82 bits per heavy atom. The Bertz CT molecular complexity index is 502. The highest BCUT2D eigenvalue weighted by Gasteiger charge is 2.15. The van der Waals surface area contributed by atoms with Gasteiger partial charge >= 0.3 is 0 Å². The molecular weight excluding hydrogens is 228 g/mol. The number of hydrogen-bond donors (Lipinski definition) is 0. The molecule has 0 bridgehead atoms. The Morgan fingerprint density at radius 1 is 1.35 bits per heavy atom. The second-order valence-corrected chi connectivity index (χ2v) is 4.82. The topological polar surface area (TPSA) is 28.7 Å². The third-order valence-electron chi connectivity index (χ3n) is 3.31. The van der Waals surface area contributed by atoms with Crippen LogP contribution in [0.25, 0.3) is 6.08 Å². The van der Waals surface area contributed by atoms with Crippen LogP contribution >= 0.6 is 12.2 Å². The van der Waals surface area contributed by atoms with Gasteiger partial charge in [0.15, 0.2) is 0 Å². The molecule has 1 aromatic rings. The number of pyridine rings is 1. The highest BCUT2D eigenvalue weighted by molar-refractivity contribution is 7.71. The van der Waals surface area contributed by atoms with E-state index in [-0.39, 0.29) is 0 Å². The molecule has 0 aliphatic heterocycles. The fourth-order valence-corrected chi connectivity index (χ4v) is 2.77. The van der Waals surface area contributed by atoms with Gasteiger partial charge in [0.2, 0.25) is 0 Å². The van der Waals surface area contributed by atoms with E-state index in [1.54, 1.807) is 6.08 Å². The monoisotopic (exact) mass is 244 g/mol. The van der Waals surface area contributed by atoms with Crippen LogP contribution in [-0.4, -0.2) is 4.57 Å². The average molecular weight is 244 g/mol. The van der Waals surface area contributed by atoms with Crippen molar-refractivity contribution < 1.29 is 0 Å². The van der Waals surface area contributed by atoms with Crippen molar-refractivity contribution in [3.8, 4) is 6.07 Å². The molecule has 0 aromatic carbocycles. The van der Waals surface area contributed by atoms with Gasteiger partial charge in [-0.2, -0.15) is 5.26 Å². The fraction of sp³-hybridized carbons (Fsp3) is 0.429. The Balaban J connectivity index is 2.32. The molecule has 0 amide bonds. The molecule has 1 heterocycles. The van der Waals surface area contributed by atoms with Crippen molar-refractivity contribution in [1.82, 2.24) is 4.57 Å². The second kappa shape index (κ2) is 5.79. The maximum Gasteiger partial charge on any atom is 0.113 e. The van der Waals surface area contributed by atoms with Crippen molar-refractivity contribution in [2.24, 2.45) is 0 Å². The summed E-state index contributed by atoms with van der Waals surface area (Å²) in [7, 11) is 0. The summed E-state index contributed by atoms with van der Waals surface area (Å²) in [6.45, 7) is 0. The van der Waals surface area contributed by atoms with Crippen LogP contribution in [0.3, 0.4) is 0 Å². The highest BCUT2D eigenvalue weighted by Crippen LogP contribution is 2.28. The molecular formula is C14H16N2S. The Hall–Kier alpha value is -1.40. The molecule has 2 nitrogen and oxygen atoms in total. The molecule has 2 rings (SSSR count). The standard InChI is InChI=1S/C14H16N2S/c15-10-4-6-12-7-5-11-16(14(12)17)13-8-2-1-3-9-13/h4-7,11,13H,1-3,8-9H2/b6-4-. The van der Waals surface area contributed by atoms with E-state index in [2.05, 4.69) is 10.8 Å². The quantitative estimate of drug-likeness (QED) is 0.574. The van der Waals surface area contributed by atoms with Gasteiger partial charge < -0.3 is 4.57 Å². The molecule has 0 spiro atoms. The largest absolute Gasteiger partial charge is 0.336 e. The maximum absolute atomic E-state index is 8.56. The van der Waals surface area contributed by atoms with Crippen molar-refractivity contribution >= 4 is 18.3 Å². The van der Waals surface area contributed by atoms with Crippen molar-refractivity contribution in [2.45, 2.75) is 38.1 Å². The third kappa shape index (κ3) is 2.83. The van der Waals surface area contributed by atoms with E-state index in [1.165, 1.54) is 38.2 Å². The summed E-state index contributed by atoms with van der Waals surface area (Å²) in [5, 5.41) is 8.56. The number of hydrogen-bond acceptors (Lipinski definition) is 2. The van der Waals surface area contributed by atoms with Gasteiger partial charge in [-0.3, -0.25) is 0 Å². The zero-order valence-electron chi connectivity index (χ0n) is 9.80. The molecule has 3 heteroatoms. The molecule has 0 radical (unpaired) electrons. The molecule has 17 heavy (non-hydrogen) atoms. The van der Waals surface area contributed by atoms with Gasteiger partial charge in [0, 0.05) is 23.9 Å². The summed E-state index contributed by atoms with van der Waals surface area (Å²) in [4.78, 5) is 0. The van der Waals surface area contributed by atoms with E-state index in [1.807, 2.05) is 18.2 Å². The number of rotatable bonds is 2. The molecule has 0 atom stereocenters. The molecule has 1 fully saturated rings. The van der Waals surface area contributed by atoms with Crippen molar-refractivity contribution in [2.75, 3.05) is 0 Å². The van der Waals surface area contributed by atoms with E-state index in [9.17, 15) is 0 Å². The first-order valence-corrected chi connectivity index (χ1v) is 6.51. The summed E-state index contributed by atoms with van der Waals surface area (Å²) < 4.78 is 3.05. The normalized spacial score (nSPS) is 17.1. The SMILES string of the molecule is N#C/C=C\c1cccn(C2CCCCC2)c1=S. The number of aromatic nitrogens is 1. The second-order valence-electron chi connectivity index (χ2n) is 4.43. The maximum atomic E-state index is 8.56. The van der Waals surface area contributed by atoms with Gasteiger partial charge in [0.05, 0.1) is 6.07 Å². The first-order valence-electron chi connectivity index (χ1n) is 6.10. The lowest BCUT2D eigenvalue weighted by atomic mass is 9.95. The van der Waals surface area contributed by atoms with Crippen LogP contribution in [0.15, 0.2) is 24.4 Å². The van der Waals surface area contributed by atoms with Gasteiger partial charge in [-0.15, -0.1) is 0 Å².